The second kappa shape index (κ2) is 15.8. The summed E-state index contributed by atoms with van der Waals surface area (Å²) >= 11 is 0. The molecule has 300 valence electrons. The molecule has 12 rings (SSSR count). The van der Waals surface area contributed by atoms with Crippen LogP contribution in [0.2, 0.25) is 0 Å². The molecule has 12 aromatic rings. The van der Waals surface area contributed by atoms with E-state index in [-0.39, 0.29) is 0 Å². The van der Waals surface area contributed by atoms with Crippen LogP contribution in [0.4, 0.5) is 17.1 Å². The monoisotopic (exact) mass is 814 g/mol. The Morgan fingerprint density at radius 1 is 0.234 bits per heavy atom. The minimum absolute atomic E-state index is 1.08. The van der Waals surface area contributed by atoms with Crippen LogP contribution in [0.1, 0.15) is 0 Å². The maximum Gasteiger partial charge on any atom is 0.0541 e. The van der Waals surface area contributed by atoms with Crippen molar-refractivity contribution in [2.24, 2.45) is 0 Å². The molecule has 0 saturated carbocycles. The topological polar surface area (TPSA) is 8.17 Å². The molecule has 0 saturated heterocycles. The van der Waals surface area contributed by atoms with Crippen LogP contribution < -0.4 is 4.90 Å². The first-order valence-corrected chi connectivity index (χ1v) is 22.0. The average molecular weight is 815 g/mol. The van der Waals surface area contributed by atoms with Gasteiger partial charge in [-0.05, 0) is 133 Å². The number of benzene rings is 11. The molecular weight excluding hydrogens is 773 g/mol. The molecule has 0 radical (unpaired) electrons. The highest BCUT2D eigenvalue weighted by molar-refractivity contribution is 6.22. The van der Waals surface area contributed by atoms with Gasteiger partial charge in [0.2, 0.25) is 0 Å². The molecule has 2 heteroatoms. The quantitative estimate of drug-likeness (QED) is 0.139. The summed E-state index contributed by atoms with van der Waals surface area (Å²) in [6.45, 7) is 0. The fourth-order valence-electron chi connectivity index (χ4n) is 9.86. The lowest BCUT2D eigenvalue weighted by molar-refractivity contribution is 1.18. The van der Waals surface area contributed by atoms with Gasteiger partial charge in [0.15, 0.2) is 0 Å². The molecule has 0 spiro atoms. The van der Waals surface area contributed by atoms with E-state index in [1.165, 1.54) is 82.3 Å². The van der Waals surface area contributed by atoms with Crippen molar-refractivity contribution in [2.45, 2.75) is 0 Å². The highest BCUT2D eigenvalue weighted by Gasteiger charge is 2.21. The molecule has 0 N–H and O–H groups in total. The van der Waals surface area contributed by atoms with E-state index in [2.05, 4.69) is 264 Å². The zero-order chi connectivity index (χ0) is 42.4. The minimum atomic E-state index is 1.08. The van der Waals surface area contributed by atoms with Crippen molar-refractivity contribution >= 4 is 60.4 Å². The van der Waals surface area contributed by atoms with E-state index < -0.39 is 0 Å². The third-order valence-electron chi connectivity index (χ3n) is 12.7. The van der Waals surface area contributed by atoms with E-state index in [9.17, 15) is 0 Å². The summed E-state index contributed by atoms with van der Waals surface area (Å²) < 4.78 is 2.38. The number of hydrogen-bond donors (Lipinski definition) is 0. The van der Waals surface area contributed by atoms with Crippen LogP contribution in [-0.4, -0.2) is 4.57 Å². The molecule has 0 aliphatic rings. The summed E-state index contributed by atoms with van der Waals surface area (Å²) in [4.78, 5) is 2.43. The minimum Gasteiger partial charge on any atom is -0.310 e. The smallest absolute Gasteiger partial charge is 0.0541 e. The Kier molecular flexibility index (Phi) is 9.20. The van der Waals surface area contributed by atoms with Gasteiger partial charge in [-0.1, -0.05) is 188 Å². The van der Waals surface area contributed by atoms with Crippen molar-refractivity contribution in [1.29, 1.82) is 0 Å². The number of aromatic nitrogens is 1. The lowest BCUT2D eigenvalue weighted by Crippen LogP contribution is -2.10. The number of hydrogen-bond acceptors (Lipinski definition) is 1. The molecule has 0 aliphatic carbocycles. The Hall–Kier alpha value is -8.46. The molecule has 11 aromatic carbocycles. The van der Waals surface area contributed by atoms with E-state index in [4.69, 9.17) is 0 Å². The largest absolute Gasteiger partial charge is 0.310 e. The number of fused-ring (bicyclic) bond motifs is 6. The van der Waals surface area contributed by atoms with Gasteiger partial charge in [-0.15, -0.1) is 0 Å². The van der Waals surface area contributed by atoms with Gasteiger partial charge < -0.3 is 9.47 Å². The van der Waals surface area contributed by atoms with Gasteiger partial charge in [-0.2, -0.15) is 0 Å². The van der Waals surface area contributed by atoms with Crippen LogP contribution in [0.3, 0.4) is 0 Å². The standard InChI is InChI=1S/C62H42N2/c1-5-19-43(20-6-1)46-25-17-29-50(39-46)63(51-30-18-26-47(40-51)48-35-38-60-57(41-48)55-32-15-16-34-59(55)64(60)49-27-11-4-12-28-49)52-36-37-54-53-31-13-14-33-56(53)61(44-21-7-2-8-22-44)62(58(54)42-52)45-23-9-3-10-24-45/h1-42H. The van der Waals surface area contributed by atoms with E-state index in [0.29, 0.717) is 0 Å². The van der Waals surface area contributed by atoms with Gasteiger partial charge >= 0.3 is 0 Å². The molecule has 1 aromatic heterocycles. The van der Waals surface area contributed by atoms with E-state index in [0.717, 1.165) is 28.3 Å². The summed E-state index contributed by atoms with van der Waals surface area (Å²) in [5.74, 6) is 0. The summed E-state index contributed by atoms with van der Waals surface area (Å²) in [5, 5.41) is 7.41. The van der Waals surface area contributed by atoms with Crippen LogP contribution in [0.25, 0.3) is 93.5 Å². The summed E-state index contributed by atoms with van der Waals surface area (Å²) in [5.41, 5.74) is 16.4. The first-order valence-electron chi connectivity index (χ1n) is 22.0. The molecular formula is C62H42N2. The molecule has 1 heterocycles. The van der Waals surface area contributed by atoms with Gasteiger partial charge in [-0.3, -0.25) is 0 Å². The molecule has 0 aliphatic heterocycles. The number of anilines is 3. The maximum absolute atomic E-state index is 2.43. The van der Waals surface area contributed by atoms with E-state index >= 15 is 0 Å². The Bertz CT molecular complexity index is 3650. The highest BCUT2D eigenvalue weighted by Crippen LogP contribution is 2.47. The normalized spacial score (nSPS) is 11.4. The Morgan fingerprint density at radius 2 is 0.688 bits per heavy atom. The van der Waals surface area contributed by atoms with Crippen molar-refractivity contribution in [1.82, 2.24) is 4.57 Å². The Labute approximate surface area is 373 Å². The van der Waals surface area contributed by atoms with Crippen LogP contribution in [-0.2, 0) is 0 Å². The molecule has 0 bridgehead atoms. The van der Waals surface area contributed by atoms with Gasteiger partial charge in [0.1, 0.15) is 0 Å². The molecule has 0 fully saturated rings. The van der Waals surface area contributed by atoms with Crippen LogP contribution >= 0.6 is 0 Å². The lowest BCUT2D eigenvalue weighted by atomic mass is 9.85. The summed E-state index contributed by atoms with van der Waals surface area (Å²) in [6.07, 6.45) is 0. The van der Waals surface area contributed by atoms with Gasteiger partial charge in [0.05, 0.1) is 11.0 Å². The fourth-order valence-corrected chi connectivity index (χ4v) is 9.86. The summed E-state index contributed by atoms with van der Waals surface area (Å²) in [7, 11) is 0. The zero-order valence-electron chi connectivity index (χ0n) is 35.1. The zero-order valence-corrected chi connectivity index (χ0v) is 35.1. The molecule has 64 heavy (non-hydrogen) atoms. The SMILES string of the molecule is c1ccc(-c2cccc(N(c3cccc(-c4ccc5c(c4)c4ccccc4n5-c4ccccc4)c3)c3ccc4c(c3)c(-c3ccccc3)c(-c3ccccc3)c3ccccc34)c2)cc1. The van der Waals surface area contributed by atoms with Gasteiger partial charge in [0, 0.05) is 33.5 Å². The number of para-hydroxylation sites is 2. The Morgan fingerprint density at radius 3 is 1.34 bits per heavy atom. The van der Waals surface area contributed by atoms with Crippen LogP contribution in [0.15, 0.2) is 255 Å². The molecule has 0 atom stereocenters. The lowest BCUT2D eigenvalue weighted by Gasteiger charge is -2.28. The second-order valence-corrected chi connectivity index (χ2v) is 16.5. The average Bonchev–Trinajstić information content (AvgIpc) is 3.71. The van der Waals surface area contributed by atoms with Crippen LogP contribution in [0.5, 0.6) is 0 Å². The van der Waals surface area contributed by atoms with Crippen molar-refractivity contribution in [3.05, 3.63) is 255 Å². The summed E-state index contributed by atoms with van der Waals surface area (Å²) in [6, 6.07) is 92.7. The van der Waals surface area contributed by atoms with Crippen molar-refractivity contribution in [3.63, 3.8) is 0 Å². The number of rotatable bonds is 8. The van der Waals surface area contributed by atoms with Crippen molar-refractivity contribution in [3.8, 4) is 50.2 Å². The first kappa shape index (κ1) is 37.3. The highest BCUT2D eigenvalue weighted by atomic mass is 15.1. The van der Waals surface area contributed by atoms with Crippen LogP contribution in [0, 0.1) is 0 Å². The molecule has 0 amide bonds. The maximum atomic E-state index is 2.43. The fraction of sp³-hybridized carbons (Fsp3) is 0. The van der Waals surface area contributed by atoms with E-state index in [1.54, 1.807) is 0 Å². The predicted molar refractivity (Wildman–Crippen MR) is 272 cm³/mol. The molecule has 2 nitrogen and oxygen atoms in total. The second-order valence-electron chi connectivity index (χ2n) is 16.5. The Balaban J connectivity index is 1.09. The van der Waals surface area contributed by atoms with Gasteiger partial charge in [-0.25, -0.2) is 0 Å². The third kappa shape index (κ3) is 6.44. The van der Waals surface area contributed by atoms with E-state index in [1.807, 2.05) is 0 Å². The third-order valence-corrected chi connectivity index (χ3v) is 12.7. The van der Waals surface area contributed by atoms with Crippen molar-refractivity contribution < 1.29 is 0 Å². The molecule has 0 unspecified atom stereocenters. The predicted octanol–water partition coefficient (Wildman–Crippen LogP) is 17.2. The first-order chi connectivity index (χ1) is 31.8. The van der Waals surface area contributed by atoms with Gasteiger partial charge in [0.25, 0.3) is 0 Å². The van der Waals surface area contributed by atoms with Crippen molar-refractivity contribution in [2.75, 3.05) is 4.90 Å². The number of nitrogens with zero attached hydrogens (tertiary/aromatic N) is 2.